The van der Waals surface area contributed by atoms with Crippen LogP contribution in [-0.2, 0) is 14.3 Å². The topological polar surface area (TPSA) is 66.8 Å². The van der Waals surface area contributed by atoms with Crippen LogP contribution in [0.1, 0.15) is 26.7 Å². The van der Waals surface area contributed by atoms with Gasteiger partial charge in [-0.25, -0.2) is 0 Å². The minimum atomic E-state index is -0.202. The van der Waals surface area contributed by atoms with Crippen molar-refractivity contribution in [1.29, 1.82) is 0 Å². The lowest BCUT2D eigenvalue weighted by Gasteiger charge is -2.30. The molecule has 1 aliphatic rings. The molecule has 1 aliphatic heterocycles. The minimum absolute atomic E-state index is 0.00233. The molecule has 1 rings (SSSR count). The Kier molecular flexibility index (Phi) is 5.00. The van der Waals surface area contributed by atoms with E-state index in [4.69, 9.17) is 9.84 Å². The van der Waals surface area contributed by atoms with Gasteiger partial charge >= 0.3 is 5.97 Å². The molecule has 0 aromatic rings. The second kappa shape index (κ2) is 6.27. The quantitative estimate of drug-likeness (QED) is 0.459. The van der Waals surface area contributed by atoms with Crippen molar-refractivity contribution in [2.45, 2.75) is 26.7 Å². The molecule has 0 bridgehead atoms. The average Bonchev–Trinajstić information content (AvgIpc) is 2.28. The Bertz CT molecular complexity index is 312. The molecular weight excluding hydrogens is 222 g/mol. The summed E-state index contributed by atoms with van der Waals surface area (Å²) < 4.78 is 4.95. The maximum atomic E-state index is 11.6. The molecule has 0 unspecified atom stereocenters. The van der Waals surface area contributed by atoms with Crippen molar-refractivity contribution >= 4 is 11.9 Å². The van der Waals surface area contributed by atoms with Gasteiger partial charge in [0, 0.05) is 19.2 Å². The summed E-state index contributed by atoms with van der Waals surface area (Å²) in [7, 11) is 0. The van der Waals surface area contributed by atoms with Gasteiger partial charge in [0.15, 0.2) is 0 Å². The zero-order valence-electron chi connectivity index (χ0n) is 10.3. The van der Waals surface area contributed by atoms with E-state index in [2.05, 4.69) is 0 Å². The predicted octanol–water partition coefficient (Wildman–Crippen LogP) is 1.25. The molecule has 1 saturated heterocycles. The molecule has 0 atom stereocenters. The van der Waals surface area contributed by atoms with Crippen molar-refractivity contribution in [3.63, 3.8) is 0 Å². The number of likely N-dealkylation sites (tertiary alicyclic amines) is 1. The molecule has 17 heavy (non-hydrogen) atoms. The van der Waals surface area contributed by atoms with Crippen LogP contribution in [0.3, 0.4) is 0 Å². The van der Waals surface area contributed by atoms with E-state index in [1.165, 1.54) is 13.0 Å². The number of allylic oxidation sites excluding steroid dienone is 1. The summed E-state index contributed by atoms with van der Waals surface area (Å²) >= 11 is 0. The number of aliphatic hydroxyl groups excluding tert-OH is 1. The highest BCUT2D eigenvalue weighted by Gasteiger charge is 2.27. The van der Waals surface area contributed by atoms with E-state index >= 15 is 0 Å². The van der Waals surface area contributed by atoms with Crippen molar-refractivity contribution in [3.8, 4) is 0 Å². The van der Waals surface area contributed by atoms with E-state index in [9.17, 15) is 9.59 Å². The number of carbonyl (C=O) groups is 2. The fraction of sp³-hybridized carbons (Fsp3) is 0.667. The van der Waals surface area contributed by atoms with E-state index in [0.717, 1.165) is 0 Å². The van der Waals surface area contributed by atoms with Gasteiger partial charge in [-0.3, -0.25) is 9.59 Å². The maximum absolute atomic E-state index is 11.6. The van der Waals surface area contributed by atoms with Crippen LogP contribution in [0.25, 0.3) is 0 Å². The lowest BCUT2D eigenvalue weighted by molar-refractivity contribution is -0.150. The molecular formula is C12H19NO4. The van der Waals surface area contributed by atoms with E-state index < -0.39 is 0 Å². The van der Waals surface area contributed by atoms with Gasteiger partial charge in [-0.2, -0.15) is 0 Å². The highest BCUT2D eigenvalue weighted by molar-refractivity contribution is 5.88. The molecule has 1 amide bonds. The average molecular weight is 241 g/mol. The smallest absolute Gasteiger partial charge is 0.309 e. The molecule has 0 aromatic carbocycles. The largest absolute Gasteiger partial charge is 0.512 e. The van der Waals surface area contributed by atoms with Gasteiger partial charge in [0.1, 0.15) is 0 Å². The number of amides is 1. The first-order valence-electron chi connectivity index (χ1n) is 5.87. The van der Waals surface area contributed by atoms with Crippen LogP contribution in [0.15, 0.2) is 11.8 Å². The lowest BCUT2D eigenvalue weighted by atomic mass is 9.97. The Labute approximate surface area is 101 Å². The van der Waals surface area contributed by atoms with E-state index in [1.807, 2.05) is 0 Å². The highest BCUT2D eigenvalue weighted by Crippen LogP contribution is 2.19. The van der Waals surface area contributed by atoms with Gasteiger partial charge in [0.2, 0.25) is 5.91 Å². The number of esters is 1. The molecule has 0 aliphatic carbocycles. The van der Waals surface area contributed by atoms with Crippen molar-refractivity contribution in [1.82, 2.24) is 4.90 Å². The first kappa shape index (κ1) is 13.5. The molecule has 1 N–H and O–H groups in total. The van der Waals surface area contributed by atoms with Gasteiger partial charge < -0.3 is 14.7 Å². The number of nitrogens with zero attached hydrogens (tertiary/aromatic N) is 1. The van der Waals surface area contributed by atoms with Crippen LogP contribution in [0.4, 0.5) is 0 Å². The van der Waals surface area contributed by atoms with Gasteiger partial charge in [0.25, 0.3) is 0 Å². The Morgan fingerprint density at radius 1 is 1.41 bits per heavy atom. The lowest BCUT2D eigenvalue weighted by Crippen LogP contribution is -2.40. The first-order chi connectivity index (χ1) is 8.04. The number of hydrogen-bond acceptors (Lipinski definition) is 4. The Hall–Kier alpha value is -1.52. The molecule has 96 valence electrons. The van der Waals surface area contributed by atoms with Gasteiger partial charge in [0.05, 0.1) is 18.3 Å². The van der Waals surface area contributed by atoms with Crippen LogP contribution >= 0.6 is 0 Å². The summed E-state index contributed by atoms with van der Waals surface area (Å²) in [6, 6.07) is 0. The Morgan fingerprint density at radius 2 is 2.00 bits per heavy atom. The van der Waals surface area contributed by atoms with Crippen molar-refractivity contribution in [3.05, 3.63) is 11.8 Å². The molecule has 0 saturated carbocycles. The SMILES string of the molecule is CCOC(=O)C1CCN(C(=O)C=C(C)O)CC1. The summed E-state index contributed by atoms with van der Waals surface area (Å²) in [5.41, 5.74) is 0. The van der Waals surface area contributed by atoms with Gasteiger partial charge in [-0.05, 0) is 26.7 Å². The first-order valence-corrected chi connectivity index (χ1v) is 5.87. The van der Waals surface area contributed by atoms with Crippen molar-refractivity contribution in [2.75, 3.05) is 19.7 Å². The van der Waals surface area contributed by atoms with Crippen LogP contribution in [0.5, 0.6) is 0 Å². The summed E-state index contributed by atoms with van der Waals surface area (Å²) in [6.07, 6.45) is 2.45. The number of aliphatic hydroxyl groups is 1. The number of hydrogen-bond donors (Lipinski definition) is 1. The second-order valence-electron chi connectivity index (χ2n) is 4.14. The summed E-state index contributed by atoms with van der Waals surface area (Å²) in [5, 5.41) is 9.00. The standard InChI is InChI=1S/C12H19NO4/c1-3-17-12(16)10-4-6-13(7-5-10)11(15)8-9(2)14/h8,10,14H,3-7H2,1-2H3. The Morgan fingerprint density at radius 3 is 2.47 bits per heavy atom. The third-order valence-electron chi connectivity index (χ3n) is 2.76. The molecule has 5 nitrogen and oxygen atoms in total. The fourth-order valence-corrected chi connectivity index (χ4v) is 1.87. The number of piperidine rings is 1. The highest BCUT2D eigenvalue weighted by atomic mass is 16.5. The summed E-state index contributed by atoms with van der Waals surface area (Å²) in [4.78, 5) is 24.7. The molecule has 0 aromatic heterocycles. The zero-order valence-corrected chi connectivity index (χ0v) is 10.3. The van der Waals surface area contributed by atoms with Crippen molar-refractivity contribution in [2.24, 2.45) is 5.92 Å². The summed E-state index contributed by atoms with van der Waals surface area (Å²) in [6.45, 7) is 4.71. The van der Waals surface area contributed by atoms with Crippen LogP contribution < -0.4 is 0 Å². The predicted molar refractivity (Wildman–Crippen MR) is 62.3 cm³/mol. The maximum Gasteiger partial charge on any atom is 0.309 e. The number of rotatable bonds is 3. The van der Waals surface area contributed by atoms with Crippen molar-refractivity contribution < 1.29 is 19.4 Å². The fourth-order valence-electron chi connectivity index (χ4n) is 1.87. The van der Waals surface area contributed by atoms with Gasteiger partial charge in [-0.1, -0.05) is 0 Å². The molecule has 1 fully saturated rings. The van der Waals surface area contributed by atoms with Crippen LogP contribution in [0.2, 0.25) is 0 Å². The molecule has 0 radical (unpaired) electrons. The summed E-state index contributed by atoms with van der Waals surface area (Å²) in [5.74, 6) is -0.471. The number of ether oxygens (including phenoxy) is 1. The molecule has 5 heteroatoms. The third kappa shape index (κ3) is 4.09. The zero-order chi connectivity index (χ0) is 12.8. The third-order valence-corrected chi connectivity index (χ3v) is 2.76. The molecule has 0 spiro atoms. The van der Waals surface area contributed by atoms with Crippen LogP contribution in [-0.4, -0.2) is 41.6 Å². The monoisotopic (exact) mass is 241 g/mol. The van der Waals surface area contributed by atoms with Gasteiger partial charge in [-0.15, -0.1) is 0 Å². The molecule has 1 heterocycles. The van der Waals surface area contributed by atoms with Crippen LogP contribution in [0, 0.1) is 5.92 Å². The number of carbonyl (C=O) groups excluding carboxylic acids is 2. The Balaban J connectivity index is 2.43. The normalized spacial score (nSPS) is 18.0. The van der Waals surface area contributed by atoms with E-state index in [0.29, 0.717) is 32.5 Å². The minimum Gasteiger partial charge on any atom is -0.512 e. The second-order valence-corrected chi connectivity index (χ2v) is 4.14. The van der Waals surface area contributed by atoms with E-state index in [1.54, 1.807) is 11.8 Å². The van der Waals surface area contributed by atoms with E-state index in [-0.39, 0.29) is 23.6 Å².